The van der Waals surface area contributed by atoms with Crippen LogP contribution in [0.5, 0.6) is 0 Å². The first kappa shape index (κ1) is 12.4. The average molecular weight is 293 g/mol. The van der Waals surface area contributed by atoms with Crippen molar-refractivity contribution in [2.24, 2.45) is 0 Å². The van der Waals surface area contributed by atoms with Crippen LogP contribution in [-0.4, -0.2) is 24.0 Å². The highest BCUT2D eigenvalue weighted by molar-refractivity contribution is 9.10. The lowest BCUT2D eigenvalue weighted by Gasteiger charge is -2.05. The zero-order valence-corrected chi connectivity index (χ0v) is 10.5. The molecule has 0 aliphatic heterocycles. The third-order valence-electron chi connectivity index (χ3n) is 1.62. The Hall–Kier alpha value is -0.650. The number of carbonyl (C=O) groups excluding carboxylic acids is 1. The zero-order chi connectivity index (χ0) is 11.3. The summed E-state index contributed by atoms with van der Waals surface area (Å²) in [6.45, 7) is 2.99. The van der Waals surface area contributed by atoms with Crippen LogP contribution in [-0.2, 0) is 4.79 Å². The number of anilines is 1. The first-order valence-corrected chi connectivity index (χ1v) is 5.62. The molecule has 0 aliphatic rings. The lowest BCUT2D eigenvalue weighted by atomic mass is 10.4. The molecule has 82 valence electrons. The van der Waals surface area contributed by atoms with Crippen LogP contribution in [0.3, 0.4) is 0 Å². The van der Waals surface area contributed by atoms with Gasteiger partial charge in [-0.25, -0.2) is 4.98 Å². The van der Waals surface area contributed by atoms with Crippen LogP contribution in [0.25, 0.3) is 0 Å². The molecule has 0 spiro atoms. The second-order valence-corrected chi connectivity index (χ2v) is 4.04. The van der Waals surface area contributed by atoms with Crippen molar-refractivity contribution in [3.8, 4) is 0 Å². The minimum atomic E-state index is -0.104. The summed E-state index contributed by atoms with van der Waals surface area (Å²) in [5, 5.41) is 5.99. The van der Waals surface area contributed by atoms with E-state index in [0.29, 0.717) is 15.3 Å². The molecule has 15 heavy (non-hydrogen) atoms. The molecule has 0 aliphatic carbocycles. The third-order valence-corrected chi connectivity index (χ3v) is 2.75. The van der Waals surface area contributed by atoms with Gasteiger partial charge in [-0.1, -0.05) is 18.5 Å². The number of rotatable bonds is 4. The van der Waals surface area contributed by atoms with E-state index in [9.17, 15) is 4.79 Å². The molecular weight excluding hydrogens is 281 g/mol. The number of hydrogen-bond acceptors (Lipinski definition) is 3. The Morgan fingerprint density at radius 2 is 2.40 bits per heavy atom. The molecule has 1 aromatic rings. The third kappa shape index (κ3) is 4.15. The van der Waals surface area contributed by atoms with Gasteiger partial charge in [0.1, 0.15) is 5.15 Å². The molecular formula is C9H11BrClN3O. The molecule has 0 radical (unpaired) electrons. The maximum Gasteiger partial charge on any atom is 0.238 e. The summed E-state index contributed by atoms with van der Waals surface area (Å²) in [6.07, 6.45) is 1.51. The van der Waals surface area contributed by atoms with Gasteiger partial charge in [0, 0.05) is 0 Å². The Bertz CT molecular complexity index is 359. The van der Waals surface area contributed by atoms with E-state index in [0.717, 1.165) is 6.54 Å². The zero-order valence-electron chi connectivity index (χ0n) is 8.18. The molecule has 0 saturated carbocycles. The number of carbonyl (C=O) groups is 1. The molecule has 1 aromatic heterocycles. The van der Waals surface area contributed by atoms with Crippen molar-refractivity contribution in [3.63, 3.8) is 0 Å². The Kier molecular flexibility index (Phi) is 5.01. The van der Waals surface area contributed by atoms with E-state index in [1.165, 1.54) is 6.20 Å². The molecule has 0 aromatic carbocycles. The second kappa shape index (κ2) is 6.05. The molecule has 1 heterocycles. The number of halogens is 2. The van der Waals surface area contributed by atoms with Crippen LogP contribution in [0.15, 0.2) is 16.7 Å². The van der Waals surface area contributed by atoms with Crippen molar-refractivity contribution in [1.82, 2.24) is 10.3 Å². The predicted molar refractivity (Wildman–Crippen MR) is 64.1 cm³/mol. The van der Waals surface area contributed by atoms with Gasteiger partial charge in [0.15, 0.2) is 0 Å². The predicted octanol–water partition coefficient (Wildman–Crippen LogP) is 2.05. The fourth-order valence-electron chi connectivity index (χ4n) is 0.933. The van der Waals surface area contributed by atoms with Gasteiger partial charge in [-0.2, -0.15) is 0 Å². The molecule has 0 saturated heterocycles. The summed E-state index contributed by atoms with van der Waals surface area (Å²) in [5.74, 6) is -0.104. The van der Waals surface area contributed by atoms with Crippen molar-refractivity contribution >= 4 is 39.1 Å². The van der Waals surface area contributed by atoms with Gasteiger partial charge < -0.3 is 10.6 Å². The highest BCUT2D eigenvalue weighted by Crippen LogP contribution is 2.22. The van der Waals surface area contributed by atoms with E-state index < -0.39 is 0 Å². The maximum atomic E-state index is 11.3. The number of amides is 1. The Labute approximate surface area is 102 Å². The van der Waals surface area contributed by atoms with Gasteiger partial charge in [-0.05, 0) is 28.5 Å². The standard InChI is InChI=1S/C9H11BrClN3O/c1-2-12-5-8(15)14-6-3-7(10)9(11)13-4-6/h3-4,12H,2,5H2,1H3,(H,14,15). The van der Waals surface area contributed by atoms with Gasteiger partial charge in [0.25, 0.3) is 0 Å². The van der Waals surface area contributed by atoms with Crippen LogP contribution in [0.4, 0.5) is 5.69 Å². The second-order valence-electron chi connectivity index (χ2n) is 2.83. The molecule has 1 rings (SSSR count). The molecule has 0 atom stereocenters. The molecule has 6 heteroatoms. The lowest BCUT2D eigenvalue weighted by Crippen LogP contribution is -2.27. The number of aromatic nitrogens is 1. The average Bonchev–Trinajstić information content (AvgIpc) is 2.20. The highest BCUT2D eigenvalue weighted by atomic mass is 79.9. The summed E-state index contributed by atoms with van der Waals surface area (Å²) in [5.41, 5.74) is 0.620. The number of likely N-dealkylation sites (N-methyl/N-ethyl adjacent to an activating group) is 1. The van der Waals surface area contributed by atoms with E-state index >= 15 is 0 Å². The lowest BCUT2D eigenvalue weighted by molar-refractivity contribution is -0.115. The summed E-state index contributed by atoms with van der Waals surface area (Å²) in [4.78, 5) is 15.2. The largest absolute Gasteiger partial charge is 0.324 e. The number of hydrogen-bond donors (Lipinski definition) is 2. The van der Waals surface area contributed by atoms with Crippen LogP contribution >= 0.6 is 27.5 Å². The fourth-order valence-corrected chi connectivity index (χ4v) is 1.39. The SMILES string of the molecule is CCNCC(=O)Nc1cnc(Cl)c(Br)c1. The van der Waals surface area contributed by atoms with E-state index in [2.05, 4.69) is 31.5 Å². The molecule has 1 amide bonds. The van der Waals surface area contributed by atoms with Gasteiger partial charge in [-0.15, -0.1) is 0 Å². The number of nitrogens with one attached hydrogen (secondary N) is 2. The molecule has 4 nitrogen and oxygen atoms in total. The van der Waals surface area contributed by atoms with Crippen LogP contribution in [0.1, 0.15) is 6.92 Å². The molecule has 0 bridgehead atoms. The normalized spacial score (nSPS) is 10.1. The van der Waals surface area contributed by atoms with Crippen LogP contribution < -0.4 is 10.6 Å². The van der Waals surface area contributed by atoms with Crippen LogP contribution in [0, 0.1) is 0 Å². The van der Waals surface area contributed by atoms with Gasteiger partial charge in [0.2, 0.25) is 5.91 Å². The Balaban J connectivity index is 2.57. The monoisotopic (exact) mass is 291 g/mol. The van der Waals surface area contributed by atoms with E-state index in [-0.39, 0.29) is 12.5 Å². The summed E-state index contributed by atoms with van der Waals surface area (Å²) in [7, 11) is 0. The molecule has 0 fully saturated rings. The topological polar surface area (TPSA) is 54.0 Å². The van der Waals surface area contributed by atoms with Gasteiger partial charge >= 0.3 is 0 Å². The smallest absolute Gasteiger partial charge is 0.238 e. The summed E-state index contributed by atoms with van der Waals surface area (Å²) in [6, 6.07) is 1.71. The maximum absolute atomic E-state index is 11.3. The van der Waals surface area contributed by atoms with E-state index in [1.807, 2.05) is 6.92 Å². The van der Waals surface area contributed by atoms with Crippen molar-refractivity contribution in [1.29, 1.82) is 0 Å². The van der Waals surface area contributed by atoms with E-state index in [4.69, 9.17) is 11.6 Å². The number of pyridine rings is 1. The van der Waals surface area contributed by atoms with E-state index in [1.54, 1.807) is 6.07 Å². The van der Waals surface area contributed by atoms with Gasteiger partial charge in [-0.3, -0.25) is 4.79 Å². The minimum Gasteiger partial charge on any atom is -0.324 e. The Morgan fingerprint density at radius 3 is 3.00 bits per heavy atom. The van der Waals surface area contributed by atoms with Crippen molar-refractivity contribution in [2.45, 2.75) is 6.92 Å². The Morgan fingerprint density at radius 1 is 1.67 bits per heavy atom. The quantitative estimate of drug-likeness (QED) is 0.835. The molecule has 0 unspecified atom stereocenters. The fraction of sp³-hybridized carbons (Fsp3) is 0.333. The van der Waals surface area contributed by atoms with Gasteiger partial charge in [0.05, 0.1) is 22.9 Å². The molecule has 2 N–H and O–H groups in total. The first-order valence-electron chi connectivity index (χ1n) is 4.45. The van der Waals surface area contributed by atoms with Crippen molar-refractivity contribution < 1.29 is 4.79 Å². The van der Waals surface area contributed by atoms with Crippen molar-refractivity contribution in [2.75, 3.05) is 18.4 Å². The summed E-state index contributed by atoms with van der Waals surface area (Å²) >= 11 is 8.95. The van der Waals surface area contributed by atoms with Crippen molar-refractivity contribution in [3.05, 3.63) is 21.9 Å². The summed E-state index contributed by atoms with van der Waals surface area (Å²) < 4.78 is 0.658. The minimum absolute atomic E-state index is 0.104. The highest BCUT2D eigenvalue weighted by Gasteiger charge is 2.04. The first-order chi connectivity index (χ1) is 7.13. The van der Waals surface area contributed by atoms with Crippen LogP contribution in [0.2, 0.25) is 5.15 Å². The number of nitrogens with zero attached hydrogens (tertiary/aromatic N) is 1.